The third-order valence-electron chi connectivity index (χ3n) is 5.79. The normalized spacial score (nSPS) is 19.3. The van der Waals surface area contributed by atoms with E-state index in [0.717, 1.165) is 25.1 Å². The van der Waals surface area contributed by atoms with E-state index in [2.05, 4.69) is 51.9 Å². The fourth-order valence-electron chi connectivity index (χ4n) is 4.35. The van der Waals surface area contributed by atoms with Gasteiger partial charge in [0, 0.05) is 32.2 Å². The smallest absolute Gasteiger partial charge is 0.237 e. The standard InChI is InChI=1S/C25H28FN3O/c1-2-27-25(30)24-14-22(28-15-18-7-5-11-21(26)13-18)17-29(24)16-20-10-6-9-19-8-3-4-12-23(19)20/h3-13,22,24,28H,2,14-17H2,1H3,(H,27,30)/t22-,24-/m0/s1. The summed E-state index contributed by atoms with van der Waals surface area (Å²) in [6.45, 7) is 4.66. The van der Waals surface area contributed by atoms with Crippen LogP contribution in [0.25, 0.3) is 10.8 Å². The SMILES string of the molecule is CCNC(=O)[C@@H]1C[C@H](NCc2cccc(F)c2)CN1Cc1cccc2ccccc12. The molecule has 2 atom stereocenters. The molecule has 4 rings (SSSR count). The summed E-state index contributed by atoms with van der Waals surface area (Å²) in [6.07, 6.45) is 0.742. The number of halogens is 1. The second-order valence-electron chi connectivity index (χ2n) is 7.92. The van der Waals surface area contributed by atoms with E-state index < -0.39 is 0 Å². The molecule has 2 N–H and O–H groups in total. The van der Waals surface area contributed by atoms with Crippen LogP contribution in [0.5, 0.6) is 0 Å². The maximum atomic E-state index is 13.5. The molecule has 1 aliphatic rings. The van der Waals surface area contributed by atoms with Crippen LogP contribution in [0.1, 0.15) is 24.5 Å². The summed E-state index contributed by atoms with van der Waals surface area (Å²) in [5.41, 5.74) is 2.14. The van der Waals surface area contributed by atoms with Crippen molar-refractivity contribution < 1.29 is 9.18 Å². The topological polar surface area (TPSA) is 44.4 Å². The first-order valence-corrected chi connectivity index (χ1v) is 10.6. The average Bonchev–Trinajstić information content (AvgIpc) is 3.16. The Kier molecular flexibility index (Phi) is 6.41. The highest BCUT2D eigenvalue weighted by molar-refractivity contribution is 5.86. The molecule has 3 aromatic rings. The van der Waals surface area contributed by atoms with Crippen molar-refractivity contribution in [1.82, 2.24) is 15.5 Å². The van der Waals surface area contributed by atoms with Crippen molar-refractivity contribution in [2.45, 2.75) is 38.5 Å². The van der Waals surface area contributed by atoms with Crippen LogP contribution in [0.2, 0.25) is 0 Å². The highest BCUT2D eigenvalue weighted by atomic mass is 19.1. The lowest BCUT2D eigenvalue weighted by Gasteiger charge is -2.24. The lowest BCUT2D eigenvalue weighted by Crippen LogP contribution is -2.42. The predicted octanol–water partition coefficient (Wildman–Crippen LogP) is 3.85. The summed E-state index contributed by atoms with van der Waals surface area (Å²) < 4.78 is 13.5. The summed E-state index contributed by atoms with van der Waals surface area (Å²) in [5.74, 6) is -0.147. The molecule has 0 unspecified atom stereocenters. The van der Waals surface area contributed by atoms with E-state index in [-0.39, 0.29) is 23.8 Å². The van der Waals surface area contributed by atoms with Gasteiger partial charge in [0.15, 0.2) is 0 Å². The molecule has 4 nitrogen and oxygen atoms in total. The molecule has 0 bridgehead atoms. The van der Waals surface area contributed by atoms with Gasteiger partial charge >= 0.3 is 0 Å². The second kappa shape index (κ2) is 9.37. The molecule has 0 radical (unpaired) electrons. The van der Waals surface area contributed by atoms with Crippen LogP contribution < -0.4 is 10.6 Å². The van der Waals surface area contributed by atoms with Crippen molar-refractivity contribution in [2.24, 2.45) is 0 Å². The predicted molar refractivity (Wildman–Crippen MR) is 118 cm³/mol. The summed E-state index contributed by atoms with van der Waals surface area (Å²) >= 11 is 0. The third-order valence-corrected chi connectivity index (χ3v) is 5.79. The highest BCUT2D eigenvalue weighted by Crippen LogP contribution is 2.25. The first kappa shape index (κ1) is 20.5. The molecule has 0 spiro atoms. The number of benzene rings is 3. The van der Waals surface area contributed by atoms with Crippen molar-refractivity contribution in [3.63, 3.8) is 0 Å². The van der Waals surface area contributed by atoms with Gasteiger partial charge in [-0.25, -0.2) is 4.39 Å². The van der Waals surface area contributed by atoms with Gasteiger partial charge in [-0.2, -0.15) is 0 Å². The Hall–Kier alpha value is -2.76. The monoisotopic (exact) mass is 405 g/mol. The molecule has 0 saturated carbocycles. The zero-order valence-corrected chi connectivity index (χ0v) is 17.3. The second-order valence-corrected chi connectivity index (χ2v) is 7.92. The molecule has 3 aromatic carbocycles. The Morgan fingerprint density at radius 2 is 1.90 bits per heavy atom. The van der Waals surface area contributed by atoms with Crippen molar-refractivity contribution in [3.8, 4) is 0 Å². The van der Waals surface area contributed by atoms with Crippen LogP contribution in [0.15, 0.2) is 66.7 Å². The lowest BCUT2D eigenvalue weighted by molar-refractivity contribution is -0.125. The summed E-state index contributed by atoms with van der Waals surface area (Å²) in [7, 11) is 0. The van der Waals surface area contributed by atoms with Gasteiger partial charge in [0.2, 0.25) is 5.91 Å². The van der Waals surface area contributed by atoms with Crippen molar-refractivity contribution in [2.75, 3.05) is 13.1 Å². The van der Waals surface area contributed by atoms with Crippen LogP contribution in [0, 0.1) is 5.82 Å². The van der Waals surface area contributed by atoms with Gasteiger partial charge in [0.25, 0.3) is 0 Å². The van der Waals surface area contributed by atoms with Gasteiger partial charge in [-0.15, -0.1) is 0 Å². The number of nitrogens with zero attached hydrogens (tertiary/aromatic N) is 1. The van der Waals surface area contributed by atoms with Gasteiger partial charge in [0.05, 0.1) is 6.04 Å². The number of likely N-dealkylation sites (tertiary alicyclic amines) is 1. The average molecular weight is 406 g/mol. The molecule has 1 saturated heterocycles. The Balaban J connectivity index is 1.50. The minimum absolute atomic E-state index is 0.0767. The maximum Gasteiger partial charge on any atom is 0.237 e. The molecular formula is C25H28FN3O. The quantitative estimate of drug-likeness (QED) is 0.628. The molecule has 0 aromatic heterocycles. The van der Waals surface area contributed by atoms with Gasteiger partial charge < -0.3 is 10.6 Å². The number of fused-ring (bicyclic) bond motifs is 1. The first-order chi connectivity index (χ1) is 14.6. The molecule has 156 valence electrons. The van der Waals surface area contributed by atoms with Crippen LogP contribution in [-0.4, -0.2) is 36.0 Å². The number of carbonyl (C=O) groups is 1. The van der Waals surface area contributed by atoms with Gasteiger partial charge in [-0.05, 0) is 47.4 Å². The third kappa shape index (κ3) is 4.69. The van der Waals surface area contributed by atoms with E-state index in [9.17, 15) is 9.18 Å². The number of amides is 1. The number of likely N-dealkylation sites (N-methyl/N-ethyl adjacent to an activating group) is 1. The number of hydrogen-bond acceptors (Lipinski definition) is 3. The molecular weight excluding hydrogens is 377 g/mol. The van der Waals surface area contributed by atoms with Crippen LogP contribution >= 0.6 is 0 Å². The van der Waals surface area contributed by atoms with E-state index in [4.69, 9.17) is 0 Å². The Labute approximate surface area is 177 Å². The Morgan fingerprint density at radius 1 is 1.10 bits per heavy atom. The minimum atomic E-state index is -0.224. The zero-order chi connectivity index (χ0) is 20.9. The lowest BCUT2D eigenvalue weighted by atomic mass is 10.0. The van der Waals surface area contributed by atoms with Gasteiger partial charge in [0.1, 0.15) is 5.82 Å². The molecule has 1 heterocycles. The Bertz CT molecular complexity index is 1020. The van der Waals surface area contributed by atoms with E-state index in [1.165, 1.54) is 22.4 Å². The van der Waals surface area contributed by atoms with Crippen LogP contribution in [0.3, 0.4) is 0 Å². The van der Waals surface area contributed by atoms with Crippen molar-refractivity contribution in [3.05, 3.63) is 83.7 Å². The van der Waals surface area contributed by atoms with Crippen molar-refractivity contribution in [1.29, 1.82) is 0 Å². The zero-order valence-electron chi connectivity index (χ0n) is 17.3. The molecule has 1 fully saturated rings. The molecule has 1 amide bonds. The largest absolute Gasteiger partial charge is 0.355 e. The Morgan fingerprint density at radius 3 is 2.73 bits per heavy atom. The summed E-state index contributed by atoms with van der Waals surface area (Å²) in [6, 6.07) is 21.4. The molecule has 0 aliphatic carbocycles. The molecule has 30 heavy (non-hydrogen) atoms. The summed E-state index contributed by atoms with van der Waals surface area (Å²) in [5, 5.41) is 8.94. The first-order valence-electron chi connectivity index (χ1n) is 10.6. The highest BCUT2D eigenvalue weighted by Gasteiger charge is 2.36. The van der Waals surface area contributed by atoms with Gasteiger partial charge in [-0.3, -0.25) is 9.69 Å². The van der Waals surface area contributed by atoms with Crippen molar-refractivity contribution >= 4 is 16.7 Å². The van der Waals surface area contributed by atoms with E-state index >= 15 is 0 Å². The fourth-order valence-corrected chi connectivity index (χ4v) is 4.35. The van der Waals surface area contributed by atoms with Gasteiger partial charge in [-0.1, -0.05) is 54.6 Å². The summed E-state index contributed by atoms with van der Waals surface area (Å²) in [4.78, 5) is 15.0. The number of nitrogens with one attached hydrogen (secondary N) is 2. The molecule has 1 aliphatic heterocycles. The van der Waals surface area contributed by atoms with Crippen LogP contribution in [-0.2, 0) is 17.9 Å². The maximum absolute atomic E-state index is 13.5. The van der Waals surface area contributed by atoms with E-state index in [1.807, 2.05) is 19.1 Å². The molecule has 5 heteroatoms. The number of carbonyl (C=O) groups excluding carboxylic acids is 1. The van der Waals surface area contributed by atoms with Crippen LogP contribution in [0.4, 0.5) is 4.39 Å². The van der Waals surface area contributed by atoms with E-state index in [0.29, 0.717) is 13.1 Å². The minimum Gasteiger partial charge on any atom is -0.355 e. The number of rotatable bonds is 7. The number of hydrogen-bond donors (Lipinski definition) is 2. The fraction of sp³-hybridized carbons (Fsp3) is 0.320. The van der Waals surface area contributed by atoms with E-state index in [1.54, 1.807) is 12.1 Å².